The van der Waals surface area contributed by atoms with Crippen molar-refractivity contribution in [2.24, 2.45) is 0 Å². The van der Waals surface area contributed by atoms with Gasteiger partial charge < -0.3 is 14.5 Å². The maximum absolute atomic E-state index is 13.4. The molecule has 4 aromatic rings. The van der Waals surface area contributed by atoms with E-state index >= 15 is 0 Å². The number of fused-ring (bicyclic) bond motifs is 1. The number of H-pyrrole nitrogens is 1. The summed E-state index contributed by atoms with van der Waals surface area (Å²) < 4.78 is 10.6. The molecular formula is C25H22N2O4. The van der Waals surface area contributed by atoms with Crippen LogP contribution in [-0.4, -0.2) is 35.8 Å². The number of Topliss-reactive ketones (excluding diaryl/α,β-unsaturated/α-hetero) is 2. The van der Waals surface area contributed by atoms with E-state index in [0.717, 1.165) is 11.0 Å². The fraction of sp³-hybridized carbons (Fsp3) is 0.160. The Kier molecular flexibility index (Phi) is 5.80. The van der Waals surface area contributed by atoms with Crippen LogP contribution < -0.4 is 9.47 Å². The molecule has 6 nitrogen and oxygen atoms in total. The molecule has 1 heterocycles. The lowest BCUT2D eigenvalue weighted by atomic mass is 9.90. The topological polar surface area (TPSA) is 81.3 Å². The number of hydrogen-bond acceptors (Lipinski definition) is 5. The van der Waals surface area contributed by atoms with Crippen molar-refractivity contribution < 1.29 is 19.1 Å². The number of methoxy groups -OCH3 is 2. The van der Waals surface area contributed by atoms with Gasteiger partial charge in [-0.1, -0.05) is 42.5 Å². The van der Waals surface area contributed by atoms with Crippen LogP contribution in [0.4, 0.5) is 0 Å². The number of nitrogens with zero attached hydrogens (tertiary/aromatic N) is 1. The quantitative estimate of drug-likeness (QED) is 0.418. The van der Waals surface area contributed by atoms with E-state index in [1.807, 2.05) is 30.3 Å². The zero-order chi connectivity index (χ0) is 21.8. The molecule has 0 aliphatic carbocycles. The molecule has 0 aliphatic heterocycles. The maximum atomic E-state index is 13.4. The van der Waals surface area contributed by atoms with Gasteiger partial charge >= 0.3 is 0 Å². The SMILES string of the molecule is COc1ccc(C(=O)C[C@@H](C(=O)c2ccccc2)c2nc3ccccc3[nH]2)cc1OC. The summed E-state index contributed by atoms with van der Waals surface area (Å²) in [5, 5.41) is 0. The van der Waals surface area contributed by atoms with Crippen LogP contribution in [0.2, 0.25) is 0 Å². The van der Waals surface area contributed by atoms with Gasteiger partial charge in [0.05, 0.1) is 31.2 Å². The molecule has 1 aromatic heterocycles. The first-order chi connectivity index (χ1) is 15.1. The van der Waals surface area contributed by atoms with Crippen molar-refractivity contribution in [2.45, 2.75) is 12.3 Å². The first-order valence-corrected chi connectivity index (χ1v) is 9.90. The molecule has 0 unspecified atom stereocenters. The number of rotatable bonds is 8. The Morgan fingerprint density at radius 1 is 0.871 bits per heavy atom. The van der Waals surface area contributed by atoms with E-state index < -0.39 is 5.92 Å². The maximum Gasteiger partial charge on any atom is 0.173 e. The zero-order valence-corrected chi connectivity index (χ0v) is 17.3. The van der Waals surface area contributed by atoms with Crippen molar-refractivity contribution >= 4 is 22.6 Å². The third kappa shape index (κ3) is 4.19. The van der Waals surface area contributed by atoms with Crippen molar-refractivity contribution in [1.29, 1.82) is 0 Å². The van der Waals surface area contributed by atoms with Gasteiger partial charge in [-0.2, -0.15) is 0 Å². The molecule has 0 bridgehead atoms. The van der Waals surface area contributed by atoms with E-state index in [9.17, 15) is 9.59 Å². The van der Waals surface area contributed by atoms with Crippen molar-refractivity contribution in [1.82, 2.24) is 9.97 Å². The summed E-state index contributed by atoms with van der Waals surface area (Å²) in [7, 11) is 3.05. The lowest BCUT2D eigenvalue weighted by Crippen LogP contribution is -2.18. The van der Waals surface area contributed by atoms with Gasteiger partial charge in [0, 0.05) is 17.5 Å². The second-order valence-corrected chi connectivity index (χ2v) is 7.12. The Balaban J connectivity index is 1.70. The van der Waals surface area contributed by atoms with E-state index in [0.29, 0.717) is 28.5 Å². The molecule has 0 fully saturated rings. The minimum Gasteiger partial charge on any atom is -0.493 e. The van der Waals surface area contributed by atoms with Crippen LogP contribution in [0.5, 0.6) is 11.5 Å². The second-order valence-electron chi connectivity index (χ2n) is 7.12. The van der Waals surface area contributed by atoms with Crippen LogP contribution in [0.25, 0.3) is 11.0 Å². The lowest BCUT2D eigenvalue weighted by Gasteiger charge is -2.14. The van der Waals surface area contributed by atoms with E-state index in [1.165, 1.54) is 14.2 Å². The fourth-order valence-electron chi connectivity index (χ4n) is 3.57. The normalized spacial score (nSPS) is 11.8. The molecule has 0 spiro atoms. The molecule has 0 amide bonds. The summed E-state index contributed by atoms with van der Waals surface area (Å²) in [6.07, 6.45) is -0.0248. The fourth-order valence-corrected chi connectivity index (χ4v) is 3.57. The van der Waals surface area contributed by atoms with Crippen LogP contribution >= 0.6 is 0 Å². The molecule has 1 N–H and O–H groups in total. The van der Waals surface area contributed by atoms with Crippen LogP contribution in [0.15, 0.2) is 72.8 Å². The summed E-state index contributed by atoms with van der Waals surface area (Å²) >= 11 is 0. The molecule has 0 aliphatic rings. The van der Waals surface area contributed by atoms with E-state index in [1.54, 1.807) is 42.5 Å². The summed E-state index contributed by atoms with van der Waals surface area (Å²) in [5.74, 6) is 0.389. The smallest absolute Gasteiger partial charge is 0.173 e. The summed E-state index contributed by atoms with van der Waals surface area (Å²) in [5.41, 5.74) is 2.55. The van der Waals surface area contributed by atoms with E-state index in [4.69, 9.17) is 9.47 Å². The molecule has 4 rings (SSSR count). The highest BCUT2D eigenvalue weighted by atomic mass is 16.5. The van der Waals surface area contributed by atoms with Gasteiger partial charge in [-0.3, -0.25) is 9.59 Å². The number of imidazole rings is 1. The van der Waals surface area contributed by atoms with Gasteiger partial charge in [-0.15, -0.1) is 0 Å². The van der Waals surface area contributed by atoms with Crippen molar-refractivity contribution in [3.05, 3.63) is 89.7 Å². The van der Waals surface area contributed by atoms with Gasteiger partial charge in [-0.05, 0) is 30.3 Å². The molecule has 0 saturated carbocycles. The molecule has 0 saturated heterocycles. The van der Waals surface area contributed by atoms with E-state index in [2.05, 4.69) is 9.97 Å². The largest absolute Gasteiger partial charge is 0.493 e. The number of carbonyl (C=O) groups is 2. The monoisotopic (exact) mass is 414 g/mol. The van der Waals surface area contributed by atoms with Gasteiger partial charge in [-0.25, -0.2) is 4.98 Å². The molecule has 31 heavy (non-hydrogen) atoms. The van der Waals surface area contributed by atoms with Gasteiger partial charge in [0.25, 0.3) is 0 Å². The Labute approximate surface area is 179 Å². The number of carbonyl (C=O) groups excluding carboxylic acids is 2. The predicted octanol–water partition coefficient (Wildman–Crippen LogP) is 4.82. The van der Waals surface area contributed by atoms with Crippen molar-refractivity contribution in [2.75, 3.05) is 14.2 Å². The Hall–Kier alpha value is -3.93. The van der Waals surface area contributed by atoms with Crippen LogP contribution in [-0.2, 0) is 0 Å². The van der Waals surface area contributed by atoms with Crippen molar-refractivity contribution in [3.8, 4) is 11.5 Å². The highest BCUT2D eigenvalue weighted by molar-refractivity contribution is 6.06. The minimum absolute atomic E-state index is 0.0248. The van der Waals surface area contributed by atoms with Crippen LogP contribution in [0.3, 0.4) is 0 Å². The lowest BCUT2D eigenvalue weighted by molar-refractivity contribution is 0.0890. The Bertz CT molecular complexity index is 1200. The first kappa shape index (κ1) is 20.3. The van der Waals surface area contributed by atoms with Crippen LogP contribution in [0.1, 0.15) is 38.9 Å². The predicted molar refractivity (Wildman–Crippen MR) is 118 cm³/mol. The third-order valence-corrected chi connectivity index (χ3v) is 5.21. The van der Waals surface area contributed by atoms with Crippen LogP contribution in [0, 0.1) is 0 Å². The number of benzene rings is 3. The Morgan fingerprint density at radius 2 is 1.58 bits per heavy atom. The second kappa shape index (κ2) is 8.83. The molecule has 1 atom stereocenters. The molecule has 6 heteroatoms. The number of aromatic amines is 1. The number of ether oxygens (including phenoxy) is 2. The number of hydrogen-bond donors (Lipinski definition) is 1. The molecular weight excluding hydrogens is 392 g/mol. The summed E-state index contributed by atoms with van der Waals surface area (Å²) in [4.78, 5) is 34.3. The van der Waals surface area contributed by atoms with E-state index in [-0.39, 0.29) is 18.0 Å². The zero-order valence-electron chi connectivity index (χ0n) is 17.3. The summed E-state index contributed by atoms with van der Waals surface area (Å²) in [6.45, 7) is 0. The third-order valence-electron chi connectivity index (χ3n) is 5.21. The number of para-hydroxylation sites is 2. The van der Waals surface area contributed by atoms with Gasteiger partial charge in [0.15, 0.2) is 23.1 Å². The highest BCUT2D eigenvalue weighted by Gasteiger charge is 2.28. The minimum atomic E-state index is -0.740. The number of ketones is 2. The van der Waals surface area contributed by atoms with Gasteiger partial charge in [0.1, 0.15) is 5.82 Å². The Morgan fingerprint density at radius 3 is 2.29 bits per heavy atom. The standard InChI is InChI=1S/C25H22N2O4/c1-30-22-13-12-17(14-23(22)31-2)21(28)15-18(24(29)16-8-4-3-5-9-16)25-26-19-10-6-7-11-20(19)27-25/h3-14,18H,15H2,1-2H3,(H,26,27)/t18-/m0/s1. The number of aromatic nitrogens is 2. The first-order valence-electron chi connectivity index (χ1n) is 9.90. The van der Waals surface area contributed by atoms with Crippen molar-refractivity contribution in [3.63, 3.8) is 0 Å². The molecule has 3 aromatic carbocycles. The average Bonchev–Trinajstić information content (AvgIpc) is 3.26. The summed E-state index contributed by atoms with van der Waals surface area (Å²) in [6, 6.07) is 21.5. The number of nitrogens with one attached hydrogen (secondary N) is 1. The molecule has 0 radical (unpaired) electrons. The highest BCUT2D eigenvalue weighted by Crippen LogP contribution is 2.30. The molecule has 156 valence electrons. The van der Waals surface area contributed by atoms with Gasteiger partial charge in [0.2, 0.25) is 0 Å². The average molecular weight is 414 g/mol.